The van der Waals surface area contributed by atoms with Crippen molar-refractivity contribution in [3.05, 3.63) is 0 Å². The molecule has 2 unspecified atom stereocenters. The second-order valence-corrected chi connectivity index (χ2v) is 4.53. The number of methoxy groups -OCH3 is 1. The summed E-state index contributed by atoms with van der Waals surface area (Å²) >= 11 is 0. The molecule has 2 fully saturated rings. The van der Waals surface area contributed by atoms with Gasteiger partial charge in [0.2, 0.25) is 0 Å². The Labute approximate surface area is 81.0 Å². The van der Waals surface area contributed by atoms with Gasteiger partial charge in [0.1, 0.15) is 0 Å². The summed E-state index contributed by atoms with van der Waals surface area (Å²) < 4.78 is 5.28. The Bertz CT molecular complexity index is 154. The van der Waals surface area contributed by atoms with Crippen LogP contribution in [0.1, 0.15) is 32.1 Å². The van der Waals surface area contributed by atoms with E-state index < -0.39 is 0 Å². The third-order valence-corrected chi connectivity index (χ3v) is 3.69. The van der Waals surface area contributed by atoms with Crippen LogP contribution in [0.3, 0.4) is 0 Å². The van der Waals surface area contributed by atoms with Gasteiger partial charge in [0.25, 0.3) is 0 Å². The van der Waals surface area contributed by atoms with Gasteiger partial charge in [-0.15, -0.1) is 0 Å². The van der Waals surface area contributed by atoms with Gasteiger partial charge in [0.05, 0.1) is 6.61 Å². The number of hydrogen-bond donors (Lipinski definition) is 1. The van der Waals surface area contributed by atoms with Gasteiger partial charge in [0.15, 0.2) is 0 Å². The smallest absolute Gasteiger partial charge is 0.0505 e. The molecular formula is C11H21NO. The highest BCUT2D eigenvalue weighted by Crippen LogP contribution is 2.33. The van der Waals surface area contributed by atoms with Gasteiger partial charge in [-0.3, -0.25) is 0 Å². The number of rotatable bonds is 3. The molecule has 0 aromatic heterocycles. The average molecular weight is 183 g/mol. The predicted molar refractivity (Wildman–Crippen MR) is 53.7 cm³/mol. The molecular weight excluding hydrogens is 162 g/mol. The summed E-state index contributed by atoms with van der Waals surface area (Å²) in [5.41, 5.74) is 0. The largest absolute Gasteiger partial charge is 0.384 e. The molecule has 2 atom stereocenters. The molecule has 0 aromatic rings. The van der Waals surface area contributed by atoms with E-state index in [1.165, 1.54) is 38.6 Å². The molecule has 0 aromatic carbocycles. The minimum Gasteiger partial charge on any atom is -0.384 e. The summed E-state index contributed by atoms with van der Waals surface area (Å²) in [5, 5.41) is 3.65. The Morgan fingerprint density at radius 3 is 2.69 bits per heavy atom. The SMILES string of the molecule is COCC1CCNC1C1CCCC1. The fourth-order valence-corrected chi connectivity index (χ4v) is 3.05. The quantitative estimate of drug-likeness (QED) is 0.720. The molecule has 0 spiro atoms. The van der Waals surface area contributed by atoms with E-state index in [9.17, 15) is 0 Å². The lowest BCUT2D eigenvalue weighted by Gasteiger charge is -2.24. The van der Waals surface area contributed by atoms with Crippen molar-refractivity contribution < 1.29 is 4.74 Å². The maximum Gasteiger partial charge on any atom is 0.0505 e. The molecule has 76 valence electrons. The Morgan fingerprint density at radius 2 is 2.00 bits per heavy atom. The molecule has 1 saturated heterocycles. The van der Waals surface area contributed by atoms with Crippen LogP contribution >= 0.6 is 0 Å². The molecule has 2 rings (SSSR count). The number of nitrogens with one attached hydrogen (secondary N) is 1. The molecule has 2 aliphatic rings. The monoisotopic (exact) mass is 183 g/mol. The van der Waals surface area contributed by atoms with Crippen molar-refractivity contribution >= 4 is 0 Å². The molecule has 1 heterocycles. The Morgan fingerprint density at radius 1 is 1.23 bits per heavy atom. The van der Waals surface area contributed by atoms with Gasteiger partial charge in [-0.1, -0.05) is 12.8 Å². The zero-order valence-corrected chi connectivity index (χ0v) is 8.59. The number of ether oxygens (including phenoxy) is 1. The summed E-state index contributed by atoms with van der Waals surface area (Å²) in [6.45, 7) is 2.16. The Hall–Kier alpha value is -0.0800. The summed E-state index contributed by atoms with van der Waals surface area (Å²) in [6.07, 6.45) is 7.09. The normalized spacial score (nSPS) is 35.8. The summed E-state index contributed by atoms with van der Waals surface area (Å²) in [6, 6.07) is 0.766. The highest BCUT2D eigenvalue weighted by atomic mass is 16.5. The van der Waals surface area contributed by atoms with Crippen LogP contribution < -0.4 is 5.32 Å². The topological polar surface area (TPSA) is 21.3 Å². The highest BCUT2D eigenvalue weighted by Gasteiger charge is 2.34. The zero-order valence-electron chi connectivity index (χ0n) is 8.59. The van der Waals surface area contributed by atoms with Gasteiger partial charge in [0, 0.05) is 13.2 Å². The molecule has 1 N–H and O–H groups in total. The Balaban J connectivity index is 1.88. The van der Waals surface area contributed by atoms with Crippen molar-refractivity contribution in [2.45, 2.75) is 38.1 Å². The third-order valence-electron chi connectivity index (χ3n) is 3.69. The molecule has 13 heavy (non-hydrogen) atoms. The fourth-order valence-electron chi connectivity index (χ4n) is 3.05. The van der Waals surface area contributed by atoms with Crippen molar-refractivity contribution in [3.63, 3.8) is 0 Å². The molecule has 2 heteroatoms. The van der Waals surface area contributed by atoms with E-state index in [1.54, 1.807) is 0 Å². The zero-order chi connectivity index (χ0) is 9.10. The predicted octanol–water partition coefficient (Wildman–Crippen LogP) is 1.80. The molecule has 0 radical (unpaired) electrons. The van der Waals surface area contributed by atoms with E-state index in [-0.39, 0.29) is 0 Å². The third kappa shape index (κ3) is 2.05. The van der Waals surface area contributed by atoms with Crippen LogP contribution in [0.25, 0.3) is 0 Å². The van der Waals surface area contributed by atoms with Gasteiger partial charge in [-0.05, 0) is 37.6 Å². The van der Waals surface area contributed by atoms with E-state index >= 15 is 0 Å². The van der Waals surface area contributed by atoms with E-state index in [2.05, 4.69) is 5.32 Å². The van der Waals surface area contributed by atoms with Gasteiger partial charge >= 0.3 is 0 Å². The van der Waals surface area contributed by atoms with Crippen molar-refractivity contribution in [1.82, 2.24) is 5.32 Å². The van der Waals surface area contributed by atoms with Crippen molar-refractivity contribution in [2.24, 2.45) is 11.8 Å². The highest BCUT2D eigenvalue weighted by molar-refractivity contribution is 4.90. The van der Waals surface area contributed by atoms with Crippen LogP contribution in [-0.4, -0.2) is 26.3 Å². The van der Waals surface area contributed by atoms with Crippen LogP contribution in [0.5, 0.6) is 0 Å². The Kier molecular flexibility index (Phi) is 3.23. The summed E-state index contributed by atoms with van der Waals surface area (Å²) in [4.78, 5) is 0. The van der Waals surface area contributed by atoms with Gasteiger partial charge in [-0.25, -0.2) is 0 Å². The minimum absolute atomic E-state index is 0.766. The van der Waals surface area contributed by atoms with E-state index in [0.717, 1.165) is 24.5 Å². The van der Waals surface area contributed by atoms with Crippen LogP contribution in [0.15, 0.2) is 0 Å². The average Bonchev–Trinajstić information content (AvgIpc) is 2.71. The molecule has 1 saturated carbocycles. The van der Waals surface area contributed by atoms with Crippen LogP contribution in [0, 0.1) is 11.8 Å². The van der Waals surface area contributed by atoms with Crippen LogP contribution in [0.2, 0.25) is 0 Å². The second kappa shape index (κ2) is 4.43. The van der Waals surface area contributed by atoms with Gasteiger partial charge in [-0.2, -0.15) is 0 Å². The fraction of sp³-hybridized carbons (Fsp3) is 1.00. The van der Waals surface area contributed by atoms with E-state index in [1.807, 2.05) is 7.11 Å². The maximum atomic E-state index is 5.28. The first-order chi connectivity index (χ1) is 6.42. The molecule has 2 nitrogen and oxygen atoms in total. The molecule has 1 aliphatic heterocycles. The first kappa shape index (κ1) is 9.47. The molecule has 1 aliphatic carbocycles. The van der Waals surface area contributed by atoms with Gasteiger partial charge < -0.3 is 10.1 Å². The lowest BCUT2D eigenvalue weighted by Crippen LogP contribution is -2.35. The first-order valence-corrected chi connectivity index (χ1v) is 5.64. The lowest BCUT2D eigenvalue weighted by atomic mass is 9.89. The van der Waals surface area contributed by atoms with Crippen molar-refractivity contribution in [2.75, 3.05) is 20.3 Å². The van der Waals surface area contributed by atoms with E-state index in [4.69, 9.17) is 4.74 Å². The standard InChI is InChI=1S/C11H21NO/c1-13-8-10-6-7-12-11(10)9-4-2-3-5-9/h9-12H,2-8H2,1H3. The molecule has 0 amide bonds. The first-order valence-electron chi connectivity index (χ1n) is 5.64. The summed E-state index contributed by atoms with van der Waals surface area (Å²) in [5.74, 6) is 1.73. The van der Waals surface area contributed by atoms with Crippen LogP contribution in [-0.2, 0) is 4.74 Å². The maximum absolute atomic E-state index is 5.28. The van der Waals surface area contributed by atoms with Crippen molar-refractivity contribution in [3.8, 4) is 0 Å². The lowest BCUT2D eigenvalue weighted by molar-refractivity contribution is 0.132. The summed E-state index contributed by atoms with van der Waals surface area (Å²) in [7, 11) is 1.82. The number of hydrogen-bond acceptors (Lipinski definition) is 2. The van der Waals surface area contributed by atoms with Crippen molar-refractivity contribution in [1.29, 1.82) is 0 Å². The van der Waals surface area contributed by atoms with Crippen LogP contribution in [0.4, 0.5) is 0 Å². The molecule has 0 bridgehead atoms. The minimum atomic E-state index is 0.766. The second-order valence-electron chi connectivity index (χ2n) is 4.53. The van der Waals surface area contributed by atoms with E-state index in [0.29, 0.717) is 0 Å².